The van der Waals surface area contributed by atoms with Crippen molar-refractivity contribution in [1.82, 2.24) is 5.32 Å². The lowest BCUT2D eigenvalue weighted by atomic mass is 10.1. The van der Waals surface area contributed by atoms with Crippen LogP contribution in [0, 0.1) is 0 Å². The van der Waals surface area contributed by atoms with Gasteiger partial charge in [-0.05, 0) is 5.56 Å². The summed E-state index contributed by atoms with van der Waals surface area (Å²) >= 11 is 0. The number of sulfone groups is 1. The number of benzene rings is 1. The van der Waals surface area contributed by atoms with Gasteiger partial charge in [-0.15, -0.1) is 0 Å². The molecule has 0 fully saturated rings. The number of carbonyl (C=O) groups excluding carboxylic acids is 1. The average Bonchev–Trinajstić information content (AvgIpc) is 2.33. The third-order valence-electron chi connectivity index (χ3n) is 2.45. The van der Waals surface area contributed by atoms with Gasteiger partial charge in [0.1, 0.15) is 9.84 Å². The van der Waals surface area contributed by atoms with Crippen LogP contribution in [0.25, 0.3) is 0 Å². The first kappa shape index (κ1) is 14.7. The zero-order chi connectivity index (χ0) is 13.6. The van der Waals surface area contributed by atoms with E-state index in [2.05, 4.69) is 5.32 Å². The van der Waals surface area contributed by atoms with E-state index in [1.807, 2.05) is 30.3 Å². The zero-order valence-corrected chi connectivity index (χ0v) is 11.1. The summed E-state index contributed by atoms with van der Waals surface area (Å²) in [6.45, 7) is 0.298. The summed E-state index contributed by atoms with van der Waals surface area (Å²) in [4.78, 5) is 11.4. The molecule has 1 unspecified atom stereocenters. The molecule has 6 heteroatoms. The third kappa shape index (κ3) is 5.79. The minimum atomic E-state index is -3.10. The topological polar surface area (TPSA) is 89.3 Å². The SMILES string of the molecule is CS(=O)(=O)CCC(=O)NCC(N)c1ccccc1. The summed E-state index contributed by atoms with van der Waals surface area (Å²) in [6, 6.07) is 9.12. The molecule has 1 atom stereocenters. The van der Waals surface area contributed by atoms with Gasteiger partial charge in [0.05, 0.1) is 5.75 Å². The van der Waals surface area contributed by atoms with E-state index >= 15 is 0 Å². The number of hydrogen-bond donors (Lipinski definition) is 2. The monoisotopic (exact) mass is 270 g/mol. The summed E-state index contributed by atoms with van der Waals surface area (Å²) in [5.74, 6) is -0.439. The second-order valence-electron chi connectivity index (χ2n) is 4.20. The average molecular weight is 270 g/mol. The second kappa shape index (κ2) is 6.51. The predicted octanol–water partition coefficient (Wildman–Crippen LogP) is 0.237. The molecule has 0 aliphatic heterocycles. The third-order valence-corrected chi connectivity index (χ3v) is 3.39. The summed E-state index contributed by atoms with van der Waals surface area (Å²) < 4.78 is 21.8. The van der Waals surface area contributed by atoms with Crippen molar-refractivity contribution in [2.45, 2.75) is 12.5 Å². The summed E-state index contributed by atoms with van der Waals surface area (Å²) in [5.41, 5.74) is 6.82. The van der Waals surface area contributed by atoms with E-state index in [-0.39, 0.29) is 24.1 Å². The number of nitrogens with one attached hydrogen (secondary N) is 1. The van der Waals surface area contributed by atoms with Crippen LogP contribution >= 0.6 is 0 Å². The highest BCUT2D eigenvalue weighted by atomic mass is 32.2. The molecule has 0 heterocycles. The fourth-order valence-electron chi connectivity index (χ4n) is 1.41. The van der Waals surface area contributed by atoms with Crippen molar-refractivity contribution >= 4 is 15.7 Å². The highest BCUT2D eigenvalue weighted by molar-refractivity contribution is 7.90. The number of carbonyl (C=O) groups is 1. The van der Waals surface area contributed by atoms with Gasteiger partial charge in [-0.1, -0.05) is 30.3 Å². The lowest BCUT2D eigenvalue weighted by Crippen LogP contribution is -2.32. The largest absolute Gasteiger partial charge is 0.354 e. The van der Waals surface area contributed by atoms with Crippen LogP contribution in [0.15, 0.2) is 30.3 Å². The van der Waals surface area contributed by atoms with Crippen LogP contribution in [0.4, 0.5) is 0 Å². The van der Waals surface area contributed by atoms with Crippen molar-refractivity contribution in [3.8, 4) is 0 Å². The molecule has 1 aromatic rings. The van der Waals surface area contributed by atoms with Gasteiger partial charge in [0.15, 0.2) is 0 Å². The van der Waals surface area contributed by atoms with Crippen LogP contribution in [0.5, 0.6) is 0 Å². The molecule has 1 rings (SSSR count). The van der Waals surface area contributed by atoms with E-state index in [1.165, 1.54) is 0 Å². The van der Waals surface area contributed by atoms with Crippen molar-refractivity contribution < 1.29 is 13.2 Å². The number of rotatable bonds is 6. The molecule has 100 valence electrons. The van der Waals surface area contributed by atoms with Gasteiger partial charge in [-0.25, -0.2) is 8.42 Å². The lowest BCUT2D eigenvalue weighted by molar-refractivity contribution is -0.120. The number of hydrogen-bond acceptors (Lipinski definition) is 4. The molecule has 0 aliphatic carbocycles. The molecule has 1 amide bonds. The van der Waals surface area contributed by atoms with Crippen molar-refractivity contribution in [2.24, 2.45) is 5.73 Å². The standard InChI is InChI=1S/C12H18N2O3S/c1-18(16,17)8-7-12(15)14-9-11(13)10-5-3-2-4-6-10/h2-6,11H,7-9,13H2,1H3,(H,14,15). The Morgan fingerprint density at radius 2 is 1.94 bits per heavy atom. The van der Waals surface area contributed by atoms with Crippen LogP contribution in [-0.4, -0.2) is 32.9 Å². The quantitative estimate of drug-likeness (QED) is 0.774. The fourth-order valence-corrected chi connectivity index (χ4v) is 1.96. The smallest absolute Gasteiger partial charge is 0.221 e. The lowest BCUT2D eigenvalue weighted by Gasteiger charge is -2.12. The molecule has 18 heavy (non-hydrogen) atoms. The van der Waals surface area contributed by atoms with Gasteiger partial charge in [0, 0.05) is 25.3 Å². The maximum Gasteiger partial charge on any atom is 0.221 e. The number of nitrogens with two attached hydrogens (primary N) is 1. The molecule has 0 bridgehead atoms. The fraction of sp³-hybridized carbons (Fsp3) is 0.417. The molecule has 0 aliphatic rings. The summed E-state index contributed by atoms with van der Waals surface area (Å²) in [5, 5.41) is 2.63. The van der Waals surface area contributed by atoms with E-state index in [0.29, 0.717) is 6.54 Å². The first-order chi connectivity index (χ1) is 8.38. The highest BCUT2D eigenvalue weighted by Gasteiger charge is 2.10. The van der Waals surface area contributed by atoms with E-state index in [0.717, 1.165) is 11.8 Å². The van der Waals surface area contributed by atoms with Gasteiger partial charge < -0.3 is 11.1 Å². The highest BCUT2D eigenvalue weighted by Crippen LogP contribution is 2.07. The van der Waals surface area contributed by atoms with Gasteiger partial charge in [0.25, 0.3) is 0 Å². The van der Waals surface area contributed by atoms with Crippen LogP contribution in [-0.2, 0) is 14.6 Å². The summed E-state index contributed by atoms with van der Waals surface area (Å²) in [6.07, 6.45) is 1.08. The molecule has 0 saturated heterocycles. The summed E-state index contributed by atoms with van der Waals surface area (Å²) in [7, 11) is -3.10. The molecular weight excluding hydrogens is 252 g/mol. The normalized spacial score (nSPS) is 13.0. The van der Waals surface area contributed by atoms with Crippen molar-refractivity contribution in [2.75, 3.05) is 18.6 Å². The Kier molecular flexibility index (Phi) is 5.30. The van der Waals surface area contributed by atoms with Crippen LogP contribution in [0.3, 0.4) is 0 Å². The predicted molar refractivity (Wildman–Crippen MR) is 70.7 cm³/mol. The maximum atomic E-state index is 11.4. The Balaban J connectivity index is 2.35. The maximum absolute atomic E-state index is 11.4. The van der Waals surface area contributed by atoms with E-state index < -0.39 is 9.84 Å². The Morgan fingerprint density at radius 3 is 2.50 bits per heavy atom. The molecule has 1 aromatic carbocycles. The van der Waals surface area contributed by atoms with Gasteiger partial charge in [-0.3, -0.25) is 4.79 Å². The first-order valence-corrected chi connectivity index (χ1v) is 7.69. The van der Waals surface area contributed by atoms with E-state index in [9.17, 15) is 13.2 Å². The van der Waals surface area contributed by atoms with Crippen LogP contribution in [0.1, 0.15) is 18.0 Å². The Labute approximate surface area is 107 Å². The Hall–Kier alpha value is -1.40. The number of amides is 1. The van der Waals surface area contributed by atoms with Crippen LogP contribution in [0.2, 0.25) is 0 Å². The zero-order valence-electron chi connectivity index (χ0n) is 10.3. The van der Waals surface area contributed by atoms with Crippen LogP contribution < -0.4 is 11.1 Å². The molecule has 0 aromatic heterocycles. The second-order valence-corrected chi connectivity index (χ2v) is 6.46. The minimum Gasteiger partial charge on any atom is -0.354 e. The Bertz CT molecular complexity index is 485. The molecule has 0 radical (unpaired) electrons. The van der Waals surface area contributed by atoms with Gasteiger partial charge in [-0.2, -0.15) is 0 Å². The van der Waals surface area contributed by atoms with Crippen molar-refractivity contribution in [1.29, 1.82) is 0 Å². The Morgan fingerprint density at radius 1 is 1.33 bits per heavy atom. The van der Waals surface area contributed by atoms with Gasteiger partial charge in [0.2, 0.25) is 5.91 Å². The first-order valence-electron chi connectivity index (χ1n) is 5.63. The molecule has 0 saturated carbocycles. The molecular formula is C12H18N2O3S. The minimum absolute atomic E-state index is 0.0274. The van der Waals surface area contributed by atoms with E-state index in [1.54, 1.807) is 0 Å². The van der Waals surface area contributed by atoms with Crippen molar-refractivity contribution in [3.05, 3.63) is 35.9 Å². The molecule has 5 nitrogen and oxygen atoms in total. The molecule has 0 spiro atoms. The molecule has 3 N–H and O–H groups in total. The van der Waals surface area contributed by atoms with Crippen molar-refractivity contribution in [3.63, 3.8) is 0 Å². The van der Waals surface area contributed by atoms with E-state index in [4.69, 9.17) is 5.73 Å². The van der Waals surface area contributed by atoms with Gasteiger partial charge >= 0.3 is 0 Å².